The summed E-state index contributed by atoms with van der Waals surface area (Å²) in [6, 6.07) is 6.22. The van der Waals surface area contributed by atoms with Gasteiger partial charge in [0.2, 0.25) is 0 Å². The molecule has 0 saturated carbocycles. The number of hydrogen-bond donors (Lipinski definition) is 0. The lowest BCUT2D eigenvalue weighted by Crippen LogP contribution is -2.48. The van der Waals surface area contributed by atoms with E-state index < -0.39 is 6.10 Å². The molecule has 1 aromatic rings. The maximum absolute atomic E-state index is 13.1. The topological polar surface area (TPSA) is 29.5 Å². The van der Waals surface area contributed by atoms with Crippen LogP contribution in [0.4, 0.5) is 4.39 Å². The summed E-state index contributed by atoms with van der Waals surface area (Å²) in [4.78, 5) is 14.4. The number of amides is 1. The molecule has 1 amide bonds. The summed E-state index contributed by atoms with van der Waals surface area (Å²) in [5, 5.41) is 0. The van der Waals surface area contributed by atoms with Gasteiger partial charge in [-0.1, -0.05) is 13.0 Å². The molecule has 20 heavy (non-hydrogen) atoms. The van der Waals surface area contributed by atoms with Crippen LogP contribution in [0.1, 0.15) is 39.5 Å². The van der Waals surface area contributed by atoms with Crippen LogP contribution in [0, 0.1) is 5.82 Å². The maximum atomic E-state index is 13.1. The standard InChI is InChI=1S/C16H22FNO2/c1-3-14-8-4-5-10-18(14)16(19)12(2)20-15-9-6-7-13(17)11-15/h6-7,9,11-12,14H,3-5,8,10H2,1-2H3. The first-order valence-electron chi connectivity index (χ1n) is 7.34. The molecule has 0 spiro atoms. The van der Waals surface area contributed by atoms with Crippen LogP contribution in [0.2, 0.25) is 0 Å². The maximum Gasteiger partial charge on any atom is 0.263 e. The van der Waals surface area contributed by atoms with Crippen LogP contribution in [0.15, 0.2) is 24.3 Å². The quantitative estimate of drug-likeness (QED) is 0.845. The van der Waals surface area contributed by atoms with Gasteiger partial charge in [0.25, 0.3) is 5.91 Å². The number of rotatable bonds is 4. The summed E-state index contributed by atoms with van der Waals surface area (Å²) in [6.45, 7) is 4.64. The molecule has 2 rings (SSSR count). The van der Waals surface area contributed by atoms with Crippen molar-refractivity contribution in [1.82, 2.24) is 4.90 Å². The molecule has 0 aliphatic carbocycles. The van der Waals surface area contributed by atoms with Gasteiger partial charge in [-0.25, -0.2) is 4.39 Å². The first kappa shape index (κ1) is 14.8. The van der Waals surface area contributed by atoms with E-state index in [1.165, 1.54) is 18.6 Å². The lowest BCUT2D eigenvalue weighted by molar-refractivity contribution is -0.141. The Kier molecular flexibility index (Phi) is 4.99. The van der Waals surface area contributed by atoms with Crippen LogP contribution >= 0.6 is 0 Å². The summed E-state index contributed by atoms with van der Waals surface area (Å²) in [5.41, 5.74) is 0. The van der Waals surface area contributed by atoms with Crippen LogP contribution in [0.5, 0.6) is 5.75 Å². The molecule has 0 radical (unpaired) electrons. The third-order valence-electron chi connectivity index (χ3n) is 3.84. The Balaban J connectivity index is 2.00. The van der Waals surface area contributed by atoms with Crippen molar-refractivity contribution in [3.63, 3.8) is 0 Å². The summed E-state index contributed by atoms with van der Waals surface area (Å²) in [5.74, 6) is 0.0447. The predicted molar refractivity (Wildman–Crippen MR) is 76.1 cm³/mol. The van der Waals surface area contributed by atoms with Crippen molar-refractivity contribution in [2.75, 3.05) is 6.54 Å². The van der Waals surface area contributed by atoms with Gasteiger partial charge in [-0.15, -0.1) is 0 Å². The Bertz CT molecular complexity index is 464. The molecule has 2 unspecified atom stereocenters. The van der Waals surface area contributed by atoms with Crippen molar-refractivity contribution in [3.05, 3.63) is 30.1 Å². The molecule has 1 saturated heterocycles. The molecule has 110 valence electrons. The largest absolute Gasteiger partial charge is 0.481 e. The Morgan fingerprint density at radius 1 is 1.50 bits per heavy atom. The molecule has 4 heteroatoms. The van der Waals surface area contributed by atoms with Crippen LogP contribution < -0.4 is 4.74 Å². The summed E-state index contributed by atoms with van der Waals surface area (Å²) in [6.07, 6.45) is 3.69. The van der Waals surface area contributed by atoms with E-state index >= 15 is 0 Å². The lowest BCUT2D eigenvalue weighted by atomic mass is 9.99. The van der Waals surface area contributed by atoms with E-state index in [0.29, 0.717) is 11.8 Å². The molecule has 1 fully saturated rings. The second-order valence-electron chi connectivity index (χ2n) is 5.31. The van der Waals surface area contributed by atoms with Crippen LogP contribution in [0.3, 0.4) is 0 Å². The predicted octanol–water partition coefficient (Wildman–Crippen LogP) is 3.38. The lowest BCUT2D eigenvalue weighted by Gasteiger charge is -2.36. The molecule has 3 nitrogen and oxygen atoms in total. The Hall–Kier alpha value is -1.58. The van der Waals surface area contributed by atoms with Gasteiger partial charge in [0.1, 0.15) is 11.6 Å². The highest BCUT2D eigenvalue weighted by Gasteiger charge is 2.29. The van der Waals surface area contributed by atoms with Gasteiger partial charge in [-0.3, -0.25) is 4.79 Å². The third-order valence-corrected chi connectivity index (χ3v) is 3.84. The van der Waals surface area contributed by atoms with E-state index in [1.54, 1.807) is 19.1 Å². The fraction of sp³-hybridized carbons (Fsp3) is 0.562. The van der Waals surface area contributed by atoms with Gasteiger partial charge in [0.05, 0.1) is 0 Å². The highest BCUT2D eigenvalue weighted by Crippen LogP contribution is 2.22. The number of hydrogen-bond acceptors (Lipinski definition) is 2. The average molecular weight is 279 g/mol. The molecular weight excluding hydrogens is 257 g/mol. The zero-order valence-corrected chi connectivity index (χ0v) is 12.1. The van der Waals surface area contributed by atoms with E-state index in [2.05, 4.69) is 6.92 Å². The molecule has 0 N–H and O–H groups in total. The molecule has 1 heterocycles. The van der Waals surface area contributed by atoms with Crippen LogP contribution in [-0.4, -0.2) is 29.5 Å². The zero-order chi connectivity index (χ0) is 14.5. The molecule has 2 atom stereocenters. The second kappa shape index (κ2) is 6.73. The Morgan fingerprint density at radius 3 is 3.00 bits per heavy atom. The van der Waals surface area contributed by atoms with Crippen LogP contribution in [-0.2, 0) is 4.79 Å². The minimum atomic E-state index is -0.580. The monoisotopic (exact) mass is 279 g/mol. The van der Waals surface area contributed by atoms with Gasteiger partial charge in [-0.2, -0.15) is 0 Å². The molecular formula is C16H22FNO2. The van der Waals surface area contributed by atoms with E-state index in [1.807, 2.05) is 4.90 Å². The molecule has 1 aliphatic heterocycles. The number of carbonyl (C=O) groups excluding carboxylic acids is 1. The van der Waals surface area contributed by atoms with Crippen molar-refractivity contribution in [2.24, 2.45) is 0 Å². The first-order chi connectivity index (χ1) is 9.61. The smallest absolute Gasteiger partial charge is 0.263 e. The average Bonchev–Trinajstić information content (AvgIpc) is 2.46. The number of piperidine rings is 1. The molecule has 1 aliphatic rings. The first-order valence-corrected chi connectivity index (χ1v) is 7.34. The van der Waals surface area contributed by atoms with Crippen molar-refractivity contribution < 1.29 is 13.9 Å². The summed E-state index contributed by atoms with van der Waals surface area (Å²) < 4.78 is 18.7. The number of halogens is 1. The van der Waals surface area contributed by atoms with Gasteiger partial charge >= 0.3 is 0 Å². The normalized spacial score (nSPS) is 20.6. The SMILES string of the molecule is CCC1CCCCN1C(=O)C(C)Oc1cccc(F)c1. The second-order valence-corrected chi connectivity index (χ2v) is 5.31. The number of likely N-dealkylation sites (tertiary alicyclic amines) is 1. The van der Waals surface area contributed by atoms with E-state index in [-0.39, 0.29) is 11.7 Å². The zero-order valence-electron chi connectivity index (χ0n) is 12.1. The van der Waals surface area contributed by atoms with Crippen LogP contribution in [0.25, 0.3) is 0 Å². The fourth-order valence-corrected chi connectivity index (χ4v) is 2.74. The highest BCUT2D eigenvalue weighted by molar-refractivity contribution is 5.81. The highest BCUT2D eigenvalue weighted by atomic mass is 19.1. The number of carbonyl (C=O) groups is 1. The van der Waals surface area contributed by atoms with Crippen molar-refractivity contribution in [2.45, 2.75) is 51.7 Å². The van der Waals surface area contributed by atoms with E-state index in [4.69, 9.17) is 4.74 Å². The Labute approximate surface area is 119 Å². The van der Waals surface area contributed by atoms with Gasteiger partial charge < -0.3 is 9.64 Å². The molecule has 0 aromatic heterocycles. The summed E-state index contributed by atoms with van der Waals surface area (Å²) >= 11 is 0. The van der Waals surface area contributed by atoms with Gasteiger partial charge in [0, 0.05) is 18.7 Å². The summed E-state index contributed by atoms with van der Waals surface area (Å²) in [7, 11) is 0. The number of nitrogens with zero attached hydrogens (tertiary/aromatic N) is 1. The van der Waals surface area contributed by atoms with E-state index in [9.17, 15) is 9.18 Å². The van der Waals surface area contributed by atoms with Gasteiger partial charge in [-0.05, 0) is 44.7 Å². The third kappa shape index (κ3) is 3.50. The molecule has 0 bridgehead atoms. The fourth-order valence-electron chi connectivity index (χ4n) is 2.74. The molecule has 1 aromatic carbocycles. The minimum Gasteiger partial charge on any atom is -0.481 e. The Morgan fingerprint density at radius 2 is 2.30 bits per heavy atom. The van der Waals surface area contributed by atoms with Crippen molar-refractivity contribution in [3.8, 4) is 5.75 Å². The number of ether oxygens (including phenoxy) is 1. The van der Waals surface area contributed by atoms with Crippen molar-refractivity contribution >= 4 is 5.91 Å². The minimum absolute atomic E-state index is 0.000751. The number of benzene rings is 1. The van der Waals surface area contributed by atoms with Gasteiger partial charge in [0.15, 0.2) is 6.10 Å². The van der Waals surface area contributed by atoms with Crippen molar-refractivity contribution in [1.29, 1.82) is 0 Å². The van der Waals surface area contributed by atoms with E-state index in [0.717, 1.165) is 25.8 Å².